The Hall–Kier alpha value is -1.62. The van der Waals surface area contributed by atoms with E-state index in [1.165, 1.54) is 6.07 Å². The van der Waals surface area contributed by atoms with Crippen LogP contribution in [0, 0.1) is 11.7 Å². The minimum Gasteiger partial charge on any atom is -0.395 e. The van der Waals surface area contributed by atoms with Gasteiger partial charge in [0.25, 0.3) is 0 Å². The molecule has 3 rings (SSSR count). The molecule has 1 aromatic rings. The summed E-state index contributed by atoms with van der Waals surface area (Å²) < 4.78 is 14.3. The monoisotopic (exact) mass is 320 g/mol. The van der Waals surface area contributed by atoms with Crippen molar-refractivity contribution in [3.63, 3.8) is 0 Å². The number of halogens is 1. The van der Waals surface area contributed by atoms with E-state index in [1.54, 1.807) is 17.0 Å². The first kappa shape index (κ1) is 16.2. The topological polar surface area (TPSA) is 52.6 Å². The predicted octanol–water partition coefficient (Wildman–Crippen LogP) is 3.22. The maximum Gasteiger partial charge on any atom is 0.318 e. The zero-order valence-electron chi connectivity index (χ0n) is 13.4. The molecule has 0 heterocycles. The minimum atomic E-state index is -0.286. The molecule has 4 nitrogen and oxygen atoms in total. The van der Waals surface area contributed by atoms with Crippen LogP contribution in [0.25, 0.3) is 0 Å². The van der Waals surface area contributed by atoms with E-state index in [0.29, 0.717) is 12.1 Å². The van der Waals surface area contributed by atoms with Crippen LogP contribution in [-0.2, 0) is 0 Å². The van der Waals surface area contributed by atoms with E-state index in [-0.39, 0.29) is 36.5 Å². The van der Waals surface area contributed by atoms with Crippen molar-refractivity contribution in [2.24, 2.45) is 5.92 Å². The molecule has 1 atom stereocenters. The number of hydrogen-bond acceptors (Lipinski definition) is 2. The van der Waals surface area contributed by atoms with Gasteiger partial charge in [-0.1, -0.05) is 31.0 Å². The van der Waals surface area contributed by atoms with Crippen molar-refractivity contribution in [3.8, 4) is 0 Å². The molecule has 1 unspecified atom stereocenters. The van der Waals surface area contributed by atoms with E-state index in [0.717, 1.165) is 38.5 Å². The van der Waals surface area contributed by atoms with Crippen molar-refractivity contribution in [2.45, 2.75) is 50.6 Å². The van der Waals surface area contributed by atoms with Crippen LogP contribution in [0.3, 0.4) is 0 Å². The molecule has 0 saturated heterocycles. The number of nitrogens with one attached hydrogen (secondary N) is 1. The summed E-state index contributed by atoms with van der Waals surface area (Å²) in [6, 6.07) is 6.48. The second-order valence-corrected chi connectivity index (χ2v) is 6.64. The van der Waals surface area contributed by atoms with Crippen molar-refractivity contribution in [2.75, 3.05) is 13.2 Å². The van der Waals surface area contributed by atoms with Gasteiger partial charge in [-0.15, -0.1) is 0 Å². The Bertz CT molecular complexity index is 542. The lowest BCUT2D eigenvalue weighted by Crippen LogP contribution is -2.45. The van der Waals surface area contributed by atoms with Gasteiger partial charge in [-0.2, -0.15) is 0 Å². The third-order valence-corrected chi connectivity index (χ3v) is 4.98. The fraction of sp³-hybridized carbons (Fsp3) is 0.611. The SMILES string of the molecule is O=C(NC(c1ccccc1F)C1CCCC1)N(CCO)C1CC1. The number of amides is 2. The van der Waals surface area contributed by atoms with Gasteiger partial charge in [0, 0.05) is 18.2 Å². The Balaban J connectivity index is 1.78. The Kier molecular flexibility index (Phi) is 5.16. The first-order valence-electron chi connectivity index (χ1n) is 8.63. The zero-order chi connectivity index (χ0) is 16.2. The summed E-state index contributed by atoms with van der Waals surface area (Å²) in [4.78, 5) is 14.3. The first-order valence-corrected chi connectivity index (χ1v) is 8.63. The van der Waals surface area contributed by atoms with E-state index in [2.05, 4.69) is 5.32 Å². The van der Waals surface area contributed by atoms with E-state index in [1.807, 2.05) is 6.07 Å². The number of urea groups is 1. The molecular formula is C18H25FN2O2. The van der Waals surface area contributed by atoms with Gasteiger partial charge in [0.2, 0.25) is 0 Å². The number of rotatable bonds is 6. The lowest BCUT2D eigenvalue weighted by atomic mass is 9.91. The average Bonchev–Trinajstić information content (AvgIpc) is 3.24. The fourth-order valence-corrected chi connectivity index (χ4v) is 3.63. The number of carbonyl (C=O) groups excluding carboxylic acids is 1. The van der Waals surface area contributed by atoms with Crippen LogP contribution in [0.4, 0.5) is 9.18 Å². The van der Waals surface area contributed by atoms with E-state index < -0.39 is 0 Å². The maximum atomic E-state index is 14.3. The van der Waals surface area contributed by atoms with Crippen molar-refractivity contribution in [1.29, 1.82) is 0 Å². The molecule has 0 aliphatic heterocycles. The molecule has 2 saturated carbocycles. The van der Waals surface area contributed by atoms with Crippen LogP contribution in [-0.4, -0.2) is 35.2 Å². The second-order valence-electron chi connectivity index (χ2n) is 6.64. The molecule has 0 bridgehead atoms. The van der Waals surface area contributed by atoms with Gasteiger partial charge in [-0.05, 0) is 37.7 Å². The molecule has 2 aliphatic rings. The number of nitrogens with zero attached hydrogens (tertiary/aromatic N) is 1. The summed E-state index contributed by atoms with van der Waals surface area (Å²) in [5.74, 6) is 0.0239. The van der Waals surface area contributed by atoms with Gasteiger partial charge >= 0.3 is 6.03 Å². The molecule has 0 spiro atoms. The number of benzene rings is 1. The second kappa shape index (κ2) is 7.30. The predicted molar refractivity (Wildman–Crippen MR) is 86.4 cm³/mol. The Morgan fingerprint density at radius 1 is 1.26 bits per heavy atom. The van der Waals surface area contributed by atoms with Crippen LogP contribution in [0.2, 0.25) is 0 Å². The van der Waals surface area contributed by atoms with E-state index in [4.69, 9.17) is 0 Å². The third kappa shape index (κ3) is 3.83. The van der Waals surface area contributed by atoms with E-state index in [9.17, 15) is 14.3 Å². The van der Waals surface area contributed by atoms with Crippen LogP contribution >= 0.6 is 0 Å². The first-order chi connectivity index (χ1) is 11.2. The summed E-state index contributed by atoms with van der Waals surface area (Å²) in [6.07, 6.45) is 6.27. The standard InChI is InChI=1S/C18H25FN2O2/c19-16-8-4-3-7-15(16)17(13-5-1-2-6-13)20-18(23)21(11-12-22)14-9-10-14/h3-4,7-8,13-14,17,22H,1-2,5-6,9-12H2,(H,20,23). The molecule has 2 aliphatic carbocycles. The zero-order valence-corrected chi connectivity index (χ0v) is 13.4. The Morgan fingerprint density at radius 3 is 2.57 bits per heavy atom. The molecule has 0 aromatic heterocycles. The van der Waals surface area contributed by atoms with Gasteiger partial charge < -0.3 is 15.3 Å². The Labute approximate surface area is 136 Å². The van der Waals surface area contributed by atoms with Gasteiger partial charge in [0.1, 0.15) is 5.82 Å². The van der Waals surface area contributed by atoms with Crippen LogP contribution in [0.1, 0.15) is 50.1 Å². The van der Waals surface area contributed by atoms with Gasteiger partial charge in [0.15, 0.2) is 0 Å². The normalized spacial score (nSPS) is 19.6. The lowest BCUT2D eigenvalue weighted by Gasteiger charge is -2.30. The summed E-state index contributed by atoms with van der Waals surface area (Å²) in [5.41, 5.74) is 0.576. The van der Waals surface area contributed by atoms with Gasteiger partial charge in [-0.3, -0.25) is 0 Å². The largest absolute Gasteiger partial charge is 0.395 e. The number of hydrogen-bond donors (Lipinski definition) is 2. The van der Waals surface area contributed by atoms with Gasteiger partial charge in [0.05, 0.1) is 12.6 Å². The quantitative estimate of drug-likeness (QED) is 0.845. The fourth-order valence-electron chi connectivity index (χ4n) is 3.63. The summed E-state index contributed by atoms with van der Waals surface area (Å²) in [5, 5.41) is 12.2. The highest BCUT2D eigenvalue weighted by Crippen LogP contribution is 2.37. The van der Waals surface area contributed by atoms with Crippen molar-refractivity contribution in [1.82, 2.24) is 10.2 Å². The van der Waals surface area contributed by atoms with Crippen LogP contribution in [0.15, 0.2) is 24.3 Å². The third-order valence-electron chi connectivity index (χ3n) is 4.98. The molecule has 2 amide bonds. The molecule has 5 heteroatoms. The van der Waals surface area contributed by atoms with Crippen LogP contribution < -0.4 is 5.32 Å². The van der Waals surface area contributed by atoms with Gasteiger partial charge in [-0.25, -0.2) is 9.18 Å². The summed E-state index contributed by atoms with van der Waals surface area (Å²) in [6.45, 7) is 0.295. The van der Waals surface area contributed by atoms with Crippen molar-refractivity contribution >= 4 is 6.03 Å². The van der Waals surface area contributed by atoms with Crippen molar-refractivity contribution < 1.29 is 14.3 Å². The highest BCUT2D eigenvalue weighted by atomic mass is 19.1. The summed E-state index contributed by atoms with van der Waals surface area (Å²) >= 11 is 0. The smallest absolute Gasteiger partial charge is 0.318 e. The molecule has 2 N–H and O–H groups in total. The maximum absolute atomic E-state index is 14.3. The minimum absolute atomic E-state index is 0.0439. The number of aliphatic hydroxyl groups excluding tert-OH is 1. The number of carbonyl (C=O) groups is 1. The molecule has 23 heavy (non-hydrogen) atoms. The molecule has 1 aromatic carbocycles. The van der Waals surface area contributed by atoms with E-state index >= 15 is 0 Å². The highest BCUT2D eigenvalue weighted by Gasteiger charge is 2.35. The average molecular weight is 320 g/mol. The molecular weight excluding hydrogens is 295 g/mol. The lowest BCUT2D eigenvalue weighted by molar-refractivity contribution is 0.166. The highest BCUT2D eigenvalue weighted by molar-refractivity contribution is 5.75. The van der Waals surface area contributed by atoms with Crippen LogP contribution in [0.5, 0.6) is 0 Å². The molecule has 2 fully saturated rings. The number of aliphatic hydroxyl groups is 1. The molecule has 126 valence electrons. The Morgan fingerprint density at radius 2 is 1.96 bits per heavy atom. The molecule has 0 radical (unpaired) electrons. The van der Waals surface area contributed by atoms with Crippen molar-refractivity contribution in [3.05, 3.63) is 35.6 Å². The summed E-state index contributed by atoms with van der Waals surface area (Å²) in [7, 11) is 0.